The van der Waals surface area contributed by atoms with Crippen molar-refractivity contribution in [3.8, 4) is 11.8 Å². The lowest BCUT2D eigenvalue weighted by atomic mass is 9.78. The fourth-order valence-corrected chi connectivity index (χ4v) is 4.00. The number of benzene rings is 2. The van der Waals surface area contributed by atoms with Crippen LogP contribution in [-0.4, -0.2) is 6.18 Å². The van der Waals surface area contributed by atoms with Crippen LogP contribution in [0, 0.1) is 17.8 Å². The Bertz CT molecular complexity index is 901. The summed E-state index contributed by atoms with van der Waals surface area (Å²) in [5, 5.41) is 0. The summed E-state index contributed by atoms with van der Waals surface area (Å²) in [6, 6.07) is 16.3. The van der Waals surface area contributed by atoms with Crippen molar-refractivity contribution in [2.75, 3.05) is 0 Å². The lowest BCUT2D eigenvalue weighted by Gasteiger charge is -2.28. The average molecular weight is 414 g/mol. The molecule has 0 aromatic heterocycles. The second kappa shape index (κ2) is 9.98. The van der Waals surface area contributed by atoms with Crippen molar-refractivity contribution >= 4 is 0 Å². The van der Waals surface area contributed by atoms with Crippen molar-refractivity contribution in [3.63, 3.8) is 0 Å². The number of rotatable bonds is 4. The summed E-state index contributed by atoms with van der Waals surface area (Å²) < 4.78 is 50.8. The van der Waals surface area contributed by atoms with Gasteiger partial charge in [0.25, 0.3) is 0 Å². The van der Waals surface area contributed by atoms with Gasteiger partial charge in [0, 0.05) is 17.0 Å². The van der Waals surface area contributed by atoms with Gasteiger partial charge in [-0.1, -0.05) is 49.5 Å². The molecule has 0 amide bonds. The van der Waals surface area contributed by atoms with Gasteiger partial charge in [-0.15, -0.1) is 0 Å². The third-order valence-corrected chi connectivity index (χ3v) is 5.64. The molecule has 0 N–H and O–H groups in total. The van der Waals surface area contributed by atoms with Crippen molar-refractivity contribution in [1.82, 2.24) is 0 Å². The molecule has 1 fully saturated rings. The molecule has 1 saturated carbocycles. The molecule has 30 heavy (non-hydrogen) atoms. The predicted molar refractivity (Wildman–Crippen MR) is 113 cm³/mol. The Morgan fingerprint density at radius 3 is 1.93 bits per heavy atom. The summed E-state index contributed by atoms with van der Waals surface area (Å²) in [5.74, 6) is 4.96. The molecule has 2 aromatic rings. The van der Waals surface area contributed by atoms with Gasteiger partial charge in [0.15, 0.2) is 0 Å². The number of hydrogen-bond acceptors (Lipinski definition) is 0. The van der Waals surface area contributed by atoms with Crippen LogP contribution in [0.4, 0.5) is 17.6 Å². The highest BCUT2D eigenvalue weighted by Gasteiger charge is 2.30. The normalized spacial score (nSPS) is 19.8. The van der Waals surface area contributed by atoms with Crippen LogP contribution in [0.15, 0.2) is 60.4 Å². The monoisotopic (exact) mass is 414 g/mol. The molecular formula is C26H26F4. The van der Waals surface area contributed by atoms with Gasteiger partial charge in [-0.25, -0.2) is 4.39 Å². The van der Waals surface area contributed by atoms with E-state index in [1.165, 1.54) is 5.56 Å². The van der Waals surface area contributed by atoms with E-state index in [0.29, 0.717) is 25.7 Å². The zero-order valence-electron chi connectivity index (χ0n) is 17.1. The summed E-state index contributed by atoms with van der Waals surface area (Å²) in [4.78, 5) is 0. The highest BCUT2D eigenvalue weighted by atomic mass is 19.4. The van der Waals surface area contributed by atoms with Crippen LogP contribution in [-0.2, 0) is 6.42 Å². The maximum absolute atomic E-state index is 13.8. The standard InChI is InChI=1S/C26H26F4/c1-2-3-19-4-6-20(7-5-19)8-9-21-10-12-22(13-11-21)23-14-16-24(17-15-23)25(27)18-26(28,29)30/h4-7,10-13,18,23-24H,2-3,14-17H2,1H3. The Kier molecular flexibility index (Phi) is 7.37. The first-order valence-electron chi connectivity index (χ1n) is 10.5. The van der Waals surface area contributed by atoms with E-state index in [9.17, 15) is 17.6 Å². The van der Waals surface area contributed by atoms with Crippen LogP contribution < -0.4 is 0 Å². The molecule has 0 unspecified atom stereocenters. The molecule has 2 aromatic carbocycles. The summed E-state index contributed by atoms with van der Waals surface area (Å²) in [7, 11) is 0. The Morgan fingerprint density at radius 1 is 0.900 bits per heavy atom. The third kappa shape index (κ3) is 6.49. The zero-order chi connectivity index (χ0) is 21.6. The van der Waals surface area contributed by atoms with Crippen LogP contribution in [0.3, 0.4) is 0 Å². The number of aryl methyl sites for hydroxylation is 1. The van der Waals surface area contributed by atoms with Crippen LogP contribution in [0.1, 0.15) is 67.2 Å². The summed E-state index contributed by atoms with van der Waals surface area (Å²) >= 11 is 0. The lowest BCUT2D eigenvalue weighted by Crippen LogP contribution is -2.15. The van der Waals surface area contributed by atoms with E-state index >= 15 is 0 Å². The highest BCUT2D eigenvalue weighted by Crippen LogP contribution is 2.40. The Balaban J connectivity index is 1.57. The molecule has 158 valence electrons. The van der Waals surface area contributed by atoms with E-state index in [-0.39, 0.29) is 12.0 Å². The van der Waals surface area contributed by atoms with Crippen molar-refractivity contribution in [1.29, 1.82) is 0 Å². The maximum atomic E-state index is 13.8. The van der Waals surface area contributed by atoms with Crippen LogP contribution in [0.2, 0.25) is 0 Å². The summed E-state index contributed by atoms with van der Waals surface area (Å²) in [5.41, 5.74) is 4.36. The Labute approximate surface area is 176 Å². The molecule has 0 nitrogen and oxygen atoms in total. The largest absolute Gasteiger partial charge is 0.412 e. The number of hydrogen-bond donors (Lipinski definition) is 0. The third-order valence-electron chi connectivity index (χ3n) is 5.64. The second-order valence-electron chi connectivity index (χ2n) is 7.94. The first kappa shape index (κ1) is 22.2. The van der Waals surface area contributed by atoms with Crippen LogP contribution in [0.5, 0.6) is 0 Å². The Morgan fingerprint density at radius 2 is 1.43 bits per heavy atom. The Hall–Kier alpha value is -2.54. The van der Waals surface area contributed by atoms with Gasteiger partial charge < -0.3 is 0 Å². The highest BCUT2D eigenvalue weighted by molar-refractivity contribution is 5.44. The van der Waals surface area contributed by atoms with Gasteiger partial charge >= 0.3 is 6.18 Å². The van der Waals surface area contributed by atoms with Crippen LogP contribution >= 0.6 is 0 Å². The van der Waals surface area contributed by atoms with Gasteiger partial charge in [-0.3, -0.25) is 0 Å². The van der Waals surface area contributed by atoms with E-state index in [0.717, 1.165) is 29.5 Å². The molecule has 0 atom stereocenters. The van der Waals surface area contributed by atoms with E-state index in [1.807, 2.05) is 36.4 Å². The molecular weight excluding hydrogens is 388 g/mol. The fourth-order valence-electron chi connectivity index (χ4n) is 4.00. The average Bonchev–Trinajstić information content (AvgIpc) is 2.73. The summed E-state index contributed by atoms with van der Waals surface area (Å²) in [6.07, 6.45) is -0.312. The van der Waals surface area contributed by atoms with Crippen molar-refractivity contribution in [2.45, 2.75) is 57.5 Å². The van der Waals surface area contributed by atoms with Crippen LogP contribution in [0.25, 0.3) is 0 Å². The van der Waals surface area contributed by atoms with E-state index < -0.39 is 17.9 Å². The zero-order valence-corrected chi connectivity index (χ0v) is 17.1. The molecule has 0 saturated heterocycles. The van der Waals surface area contributed by atoms with E-state index in [4.69, 9.17) is 0 Å². The molecule has 0 radical (unpaired) electrons. The number of allylic oxidation sites excluding steroid dienone is 2. The van der Waals surface area contributed by atoms with Crippen molar-refractivity contribution in [3.05, 3.63) is 82.7 Å². The molecule has 0 heterocycles. The van der Waals surface area contributed by atoms with Gasteiger partial charge in [0.1, 0.15) is 5.83 Å². The van der Waals surface area contributed by atoms with Gasteiger partial charge in [-0.05, 0) is 73.4 Å². The quantitative estimate of drug-likeness (QED) is 0.355. The maximum Gasteiger partial charge on any atom is 0.412 e. The van der Waals surface area contributed by atoms with E-state index in [2.05, 4.69) is 30.9 Å². The smallest absolute Gasteiger partial charge is 0.212 e. The SMILES string of the molecule is CCCc1ccc(C#Cc2ccc(C3CCC(C(F)=CC(F)(F)F)CC3)cc2)cc1. The minimum Gasteiger partial charge on any atom is -0.212 e. The molecule has 1 aliphatic rings. The van der Waals surface area contributed by atoms with Crippen molar-refractivity contribution < 1.29 is 17.6 Å². The number of halogens is 4. The predicted octanol–water partition coefficient (Wildman–Crippen LogP) is 7.73. The van der Waals surface area contributed by atoms with E-state index in [1.54, 1.807) is 0 Å². The molecule has 1 aliphatic carbocycles. The molecule has 0 aliphatic heterocycles. The van der Waals surface area contributed by atoms with Gasteiger partial charge in [0.2, 0.25) is 0 Å². The molecule has 3 rings (SSSR count). The molecule has 4 heteroatoms. The first-order chi connectivity index (χ1) is 14.3. The second-order valence-corrected chi connectivity index (χ2v) is 7.94. The minimum atomic E-state index is -4.59. The first-order valence-corrected chi connectivity index (χ1v) is 10.5. The lowest BCUT2D eigenvalue weighted by molar-refractivity contribution is -0.0820. The van der Waals surface area contributed by atoms with Gasteiger partial charge in [-0.2, -0.15) is 13.2 Å². The fraction of sp³-hybridized carbons (Fsp3) is 0.385. The van der Waals surface area contributed by atoms with Crippen molar-refractivity contribution in [2.24, 2.45) is 5.92 Å². The molecule has 0 spiro atoms. The minimum absolute atomic E-state index is 0.192. The van der Waals surface area contributed by atoms with Gasteiger partial charge in [0.05, 0.1) is 6.08 Å². The number of alkyl halides is 3. The topological polar surface area (TPSA) is 0 Å². The molecule has 0 bridgehead atoms. The summed E-state index contributed by atoms with van der Waals surface area (Å²) in [6.45, 7) is 2.16.